The molecule has 1 aromatic carbocycles. The highest BCUT2D eigenvalue weighted by molar-refractivity contribution is 5.90. The normalized spacial score (nSPS) is 10.4. The minimum atomic E-state index is -0.329. The number of benzene rings is 1. The molecule has 2 aromatic rings. The number of hydrogen-bond donors (Lipinski definition) is 2. The lowest BCUT2D eigenvalue weighted by Crippen LogP contribution is -2.23. The van der Waals surface area contributed by atoms with Crippen LogP contribution in [0.3, 0.4) is 0 Å². The molecular formula is C13H16N4O2. The van der Waals surface area contributed by atoms with Gasteiger partial charge in [-0.15, -0.1) is 0 Å². The van der Waals surface area contributed by atoms with Crippen molar-refractivity contribution < 1.29 is 9.32 Å². The molecule has 0 atom stereocenters. The molecule has 1 aromatic heterocycles. The Morgan fingerprint density at radius 1 is 1.37 bits per heavy atom. The SMILES string of the molecule is CCNC(=O)c1noc(Cc2ccccc2CN)n1. The van der Waals surface area contributed by atoms with Crippen molar-refractivity contribution >= 4 is 5.91 Å². The maximum absolute atomic E-state index is 11.5. The van der Waals surface area contributed by atoms with Crippen molar-refractivity contribution in [3.8, 4) is 0 Å². The fourth-order valence-electron chi connectivity index (χ4n) is 1.75. The van der Waals surface area contributed by atoms with Gasteiger partial charge in [-0.25, -0.2) is 0 Å². The number of rotatable bonds is 5. The first kappa shape index (κ1) is 13.2. The Bertz CT molecular complexity index is 565. The van der Waals surface area contributed by atoms with Crippen LogP contribution in [-0.4, -0.2) is 22.6 Å². The molecule has 0 saturated heterocycles. The van der Waals surface area contributed by atoms with Gasteiger partial charge < -0.3 is 15.6 Å². The molecule has 1 amide bonds. The van der Waals surface area contributed by atoms with Crippen molar-refractivity contribution in [1.29, 1.82) is 0 Å². The van der Waals surface area contributed by atoms with Gasteiger partial charge in [0.1, 0.15) is 0 Å². The number of amides is 1. The predicted octanol–water partition coefficient (Wildman–Crippen LogP) is 0.869. The molecule has 0 spiro atoms. The van der Waals surface area contributed by atoms with Crippen LogP contribution in [0.1, 0.15) is 34.6 Å². The number of nitrogens with zero attached hydrogens (tertiary/aromatic N) is 2. The molecule has 6 nitrogen and oxygen atoms in total. The summed E-state index contributed by atoms with van der Waals surface area (Å²) in [7, 11) is 0. The molecule has 3 N–H and O–H groups in total. The summed E-state index contributed by atoms with van der Waals surface area (Å²) in [5.74, 6) is 0.133. The van der Waals surface area contributed by atoms with Gasteiger partial charge in [-0.2, -0.15) is 4.98 Å². The fourth-order valence-corrected chi connectivity index (χ4v) is 1.75. The summed E-state index contributed by atoms with van der Waals surface area (Å²) in [4.78, 5) is 15.6. The molecule has 2 rings (SSSR count). The average Bonchev–Trinajstić information content (AvgIpc) is 2.88. The fraction of sp³-hybridized carbons (Fsp3) is 0.308. The van der Waals surface area contributed by atoms with Gasteiger partial charge >= 0.3 is 0 Å². The maximum atomic E-state index is 11.5. The van der Waals surface area contributed by atoms with Crippen molar-refractivity contribution in [2.75, 3.05) is 6.54 Å². The number of aromatic nitrogens is 2. The van der Waals surface area contributed by atoms with E-state index in [4.69, 9.17) is 10.3 Å². The third kappa shape index (κ3) is 3.17. The summed E-state index contributed by atoms with van der Waals surface area (Å²) < 4.78 is 5.07. The lowest BCUT2D eigenvalue weighted by Gasteiger charge is -2.03. The van der Waals surface area contributed by atoms with E-state index in [-0.39, 0.29) is 11.7 Å². The van der Waals surface area contributed by atoms with Crippen LogP contribution in [0.5, 0.6) is 0 Å². The first-order valence-electron chi connectivity index (χ1n) is 6.12. The van der Waals surface area contributed by atoms with E-state index in [0.717, 1.165) is 11.1 Å². The van der Waals surface area contributed by atoms with Crippen LogP contribution < -0.4 is 11.1 Å². The first-order chi connectivity index (χ1) is 9.24. The summed E-state index contributed by atoms with van der Waals surface area (Å²) in [5, 5.41) is 6.27. The van der Waals surface area contributed by atoms with E-state index in [1.54, 1.807) is 0 Å². The van der Waals surface area contributed by atoms with Crippen molar-refractivity contribution in [2.24, 2.45) is 5.73 Å². The second-order valence-corrected chi connectivity index (χ2v) is 4.02. The molecule has 0 unspecified atom stereocenters. The standard InChI is InChI=1S/C13H16N4O2/c1-2-15-13(18)12-16-11(19-17-12)7-9-5-3-4-6-10(9)8-14/h3-6H,2,7-8,14H2,1H3,(H,15,18). The van der Waals surface area contributed by atoms with E-state index < -0.39 is 0 Å². The van der Waals surface area contributed by atoms with Crippen LogP contribution >= 0.6 is 0 Å². The zero-order chi connectivity index (χ0) is 13.7. The molecule has 1 heterocycles. The summed E-state index contributed by atoms with van der Waals surface area (Å²) in [6.45, 7) is 2.81. The molecule has 0 aliphatic carbocycles. The van der Waals surface area contributed by atoms with Gasteiger partial charge in [-0.3, -0.25) is 4.79 Å². The molecule has 6 heteroatoms. The van der Waals surface area contributed by atoms with Crippen LogP contribution in [-0.2, 0) is 13.0 Å². The van der Waals surface area contributed by atoms with Gasteiger partial charge in [0.25, 0.3) is 11.7 Å². The van der Waals surface area contributed by atoms with Crippen LogP contribution in [0.15, 0.2) is 28.8 Å². The Kier molecular flexibility index (Phi) is 4.25. The zero-order valence-corrected chi connectivity index (χ0v) is 10.7. The smallest absolute Gasteiger partial charge is 0.292 e. The summed E-state index contributed by atoms with van der Waals surface area (Å²) in [5.41, 5.74) is 7.72. The Morgan fingerprint density at radius 3 is 2.79 bits per heavy atom. The summed E-state index contributed by atoms with van der Waals surface area (Å²) in [6, 6.07) is 7.77. The predicted molar refractivity (Wildman–Crippen MR) is 69.4 cm³/mol. The highest BCUT2D eigenvalue weighted by atomic mass is 16.5. The van der Waals surface area contributed by atoms with Gasteiger partial charge in [0.15, 0.2) is 0 Å². The third-order valence-electron chi connectivity index (χ3n) is 2.69. The minimum Gasteiger partial charge on any atom is -0.349 e. The minimum absolute atomic E-state index is 0.0575. The molecule has 0 saturated carbocycles. The summed E-state index contributed by atoms with van der Waals surface area (Å²) >= 11 is 0. The second-order valence-electron chi connectivity index (χ2n) is 4.02. The van der Waals surface area contributed by atoms with E-state index in [2.05, 4.69) is 15.5 Å². The highest BCUT2D eigenvalue weighted by Crippen LogP contribution is 2.12. The molecule has 0 aliphatic heterocycles. The first-order valence-corrected chi connectivity index (χ1v) is 6.12. The van der Waals surface area contributed by atoms with E-state index >= 15 is 0 Å². The highest BCUT2D eigenvalue weighted by Gasteiger charge is 2.14. The molecule has 0 aliphatic rings. The van der Waals surface area contributed by atoms with Crippen LogP contribution in [0.25, 0.3) is 0 Å². The van der Waals surface area contributed by atoms with Crippen molar-refractivity contribution in [3.05, 3.63) is 47.1 Å². The van der Waals surface area contributed by atoms with Crippen LogP contribution in [0.4, 0.5) is 0 Å². The lowest BCUT2D eigenvalue weighted by atomic mass is 10.0. The lowest BCUT2D eigenvalue weighted by molar-refractivity contribution is 0.0942. The number of nitrogens with one attached hydrogen (secondary N) is 1. The van der Waals surface area contributed by atoms with Gasteiger partial charge in [-0.1, -0.05) is 29.4 Å². The average molecular weight is 260 g/mol. The van der Waals surface area contributed by atoms with Gasteiger partial charge in [0.2, 0.25) is 5.89 Å². The van der Waals surface area contributed by atoms with Crippen molar-refractivity contribution in [1.82, 2.24) is 15.5 Å². The molecule has 0 fully saturated rings. The Balaban J connectivity index is 2.13. The summed E-state index contributed by atoms with van der Waals surface area (Å²) in [6.07, 6.45) is 0.472. The monoisotopic (exact) mass is 260 g/mol. The van der Waals surface area contributed by atoms with E-state index in [1.165, 1.54) is 0 Å². The number of carbonyl (C=O) groups excluding carboxylic acids is 1. The Morgan fingerprint density at radius 2 is 2.11 bits per heavy atom. The van der Waals surface area contributed by atoms with E-state index in [1.807, 2.05) is 31.2 Å². The Labute approximate surface area is 111 Å². The number of nitrogens with two attached hydrogens (primary N) is 1. The van der Waals surface area contributed by atoms with E-state index in [0.29, 0.717) is 25.4 Å². The van der Waals surface area contributed by atoms with E-state index in [9.17, 15) is 4.79 Å². The van der Waals surface area contributed by atoms with Crippen LogP contribution in [0.2, 0.25) is 0 Å². The van der Waals surface area contributed by atoms with Crippen molar-refractivity contribution in [2.45, 2.75) is 19.9 Å². The Hall–Kier alpha value is -2.21. The van der Waals surface area contributed by atoms with Gasteiger partial charge in [0, 0.05) is 13.1 Å². The largest absolute Gasteiger partial charge is 0.349 e. The van der Waals surface area contributed by atoms with Crippen LogP contribution in [0, 0.1) is 0 Å². The molecule has 0 bridgehead atoms. The number of hydrogen-bond acceptors (Lipinski definition) is 5. The van der Waals surface area contributed by atoms with Crippen molar-refractivity contribution in [3.63, 3.8) is 0 Å². The molecule has 100 valence electrons. The van der Waals surface area contributed by atoms with Gasteiger partial charge in [0.05, 0.1) is 6.42 Å². The second kappa shape index (κ2) is 6.10. The molecular weight excluding hydrogens is 244 g/mol. The quantitative estimate of drug-likeness (QED) is 0.831. The maximum Gasteiger partial charge on any atom is 0.292 e. The third-order valence-corrected chi connectivity index (χ3v) is 2.69. The van der Waals surface area contributed by atoms with Gasteiger partial charge in [-0.05, 0) is 18.1 Å². The molecule has 19 heavy (non-hydrogen) atoms. The topological polar surface area (TPSA) is 94.0 Å². The number of carbonyl (C=O) groups is 1. The molecule has 0 radical (unpaired) electrons. The zero-order valence-electron chi connectivity index (χ0n) is 10.7.